The lowest BCUT2D eigenvalue weighted by Gasteiger charge is -2.25. The number of hydrogen-bond donors (Lipinski definition) is 0. The molecule has 1 aromatic carbocycles. The summed E-state index contributed by atoms with van der Waals surface area (Å²) in [6.07, 6.45) is 6.58. The Kier molecular flexibility index (Phi) is 6.81. The highest BCUT2D eigenvalue weighted by Crippen LogP contribution is 2.33. The number of halogens is 1. The molecule has 0 atom stereocenters. The van der Waals surface area contributed by atoms with E-state index in [-0.39, 0.29) is 0 Å². The third kappa shape index (κ3) is 4.72. The Bertz CT molecular complexity index is 780. The van der Waals surface area contributed by atoms with E-state index in [1.54, 1.807) is 11.8 Å². The van der Waals surface area contributed by atoms with Crippen molar-refractivity contribution >= 4 is 23.4 Å². The van der Waals surface area contributed by atoms with Gasteiger partial charge in [0, 0.05) is 23.2 Å². The molecule has 7 heteroatoms. The van der Waals surface area contributed by atoms with Crippen molar-refractivity contribution in [3.05, 3.63) is 34.6 Å². The zero-order valence-electron chi connectivity index (χ0n) is 14.9. The lowest BCUT2D eigenvalue weighted by atomic mass is 9.95. The molecule has 0 N–H and O–H groups in total. The molecule has 1 fully saturated rings. The van der Waals surface area contributed by atoms with Gasteiger partial charge in [-0.3, -0.25) is 0 Å². The van der Waals surface area contributed by atoms with Crippen molar-refractivity contribution in [2.75, 3.05) is 5.75 Å². The third-order valence-corrected chi connectivity index (χ3v) is 5.79. The van der Waals surface area contributed by atoms with Gasteiger partial charge in [0.2, 0.25) is 0 Å². The summed E-state index contributed by atoms with van der Waals surface area (Å²) < 4.78 is 8.25. The van der Waals surface area contributed by atoms with E-state index in [1.165, 1.54) is 19.3 Å². The van der Waals surface area contributed by atoms with Crippen molar-refractivity contribution in [1.82, 2.24) is 14.8 Å². The molecule has 1 saturated carbocycles. The predicted molar refractivity (Wildman–Crippen MR) is 104 cm³/mol. The Hall–Kier alpha value is -1.71. The molecule has 0 unspecified atom stereocenters. The smallest absolute Gasteiger partial charge is 0.191 e. The molecular weight excluding hydrogens is 368 g/mol. The first kappa shape index (κ1) is 19.1. The van der Waals surface area contributed by atoms with Gasteiger partial charge in [0.25, 0.3) is 0 Å². The quantitative estimate of drug-likeness (QED) is 0.472. The van der Waals surface area contributed by atoms with Crippen LogP contribution in [0.4, 0.5) is 0 Å². The van der Waals surface area contributed by atoms with E-state index < -0.39 is 0 Å². The summed E-state index contributed by atoms with van der Waals surface area (Å²) in [5, 5.41) is 19.2. The number of thioether (sulfide) groups is 1. The minimum absolute atomic E-state index is 0.380. The first-order chi connectivity index (χ1) is 12.7. The number of hydrogen-bond acceptors (Lipinski definition) is 5. The first-order valence-corrected chi connectivity index (χ1v) is 10.4. The third-order valence-electron chi connectivity index (χ3n) is 4.61. The lowest BCUT2D eigenvalue weighted by molar-refractivity contribution is 0.264. The van der Waals surface area contributed by atoms with Crippen LogP contribution in [0.25, 0.3) is 0 Å². The fourth-order valence-electron chi connectivity index (χ4n) is 3.32. The molecule has 1 aliphatic rings. The van der Waals surface area contributed by atoms with Crippen LogP contribution in [0.5, 0.6) is 5.75 Å². The molecule has 1 heterocycles. The van der Waals surface area contributed by atoms with Crippen molar-refractivity contribution in [1.29, 1.82) is 5.26 Å². The van der Waals surface area contributed by atoms with Gasteiger partial charge in [-0.1, -0.05) is 42.6 Å². The van der Waals surface area contributed by atoms with Gasteiger partial charge in [-0.15, -0.1) is 10.2 Å². The van der Waals surface area contributed by atoms with Gasteiger partial charge in [-0.2, -0.15) is 5.26 Å². The van der Waals surface area contributed by atoms with Crippen LogP contribution in [-0.4, -0.2) is 20.5 Å². The number of nitriles is 1. The van der Waals surface area contributed by atoms with Crippen molar-refractivity contribution in [3.8, 4) is 11.8 Å². The van der Waals surface area contributed by atoms with E-state index in [1.807, 2.05) is 25.1 Å². The predicted octanol–water partition coefficient (Wildman–Crippen LogP) is 5.33. The van der Waals surface area contributed by atoms with E-state index in [0.717, 1.165) is 40.9 Å². The fourth-order valence-corrected chi connectivity index (χ4v) is 4.41. The Morgan fingerprint density at radius 2 is 2.12 bits per heavy atom. The maximum Gasteiger partial charge on any atom is 0.191 e. The highest BCUT2D eigenvalue weighted by molar-refractivity contribution is 7.99. The molecule has 0 bridgehead atoms. The van der Waals surface area contributed by atoms with Crippen LogP contribution in [0.2, 0.25) is 5.02 Å². The molecule has 0 radical (unpaired) electrons. The summed E-state index contributed by atoms with van der Waals surface area (Å²) >= 11 is 7.62. The highest BCUT2D eigenvalue weighted by atomic mass is 35.5. The Balaban J connectivity index is 1.77. The molecule has 26 heavy (non-hydrogen) atoms. The molecule has 2 aromatic rings. The van der Waals surface area contributed by atoms with Crippen LogP contribution in [0.3, 0.4) is 0 Å². The Labute approximate surface area is 163 Å². The Morgan fingerprint density at radius 3 is 2.85 bits per heavy atom. The van der Waals surface area contributed by atoms with Crippen LogP contribution in [0.1, 0.15) is 56.0 Å². The van der Waals surface area contributed by atoms with E-state index >= 15 is 0 Å². The van der Waals surface area contributed by atoms with Gasteiger partial charge < -0.3 is 9.30 Å². The molecule has 138 valence electrons. The molecule has 0 aliphatic heterocycles. The summed E-state index contributed by atoms with van der Waals surface area (Å²) in [5.41, 5.74) is 1.00. The van der Waals surface area contributed by atoms with Gasteiger partial charge >= 0.3 is 0 Å². The van der Waals surface area contributed by atoms with Crippen molar-refractivity contribution in [2.45, 2.75) is 63.3 Å². The second-order valence-corrected chi connectivity index (χ2v) is 8.01. The van der Waals surface area contributed by atoms with Crippen LogP contribution in [0.15, 0.2) is 23.4 Å². The summed E-state index contributed by atoms with van der Waals surface area (Å²) in [5.74, 6) is 2.40. The number of aromatic nitrogens is 3. The maximum absolute atomic E-state index is 8.79. The Morgan fingerprint density at radius 1 is 1.31 bits per heavy atom. The zero-order chi connectivity index (χ0) is 18.4. The molecule has 1 aromatic heterocycles. The maximum atomic E-state index is 8.79. The van der Waals surface area contributed by atoms with E-state index in [0.29, 0.717) is 24.1 Å². The summed E-state index contributed by atoms with van der Waals surface area (Å²) in [4.78, 5) is 0. The SMILES string of the molecule is Cc1cc(Cl)ccc1OCc1nnc(SCCC#N)n1C1CCCCC1. The summed E-state index contributed by atoms with van der Waals surface area (Å²) in [7, 11) is 0. The average molecular weight is 391 g/mol. The van der Waals surface area contributed by atoms with Gasteiger partial charge in [0.05, 0.1) is 6.07 Å². The summed E-state index contributed by atoms with van der Waals surface area (Å²) in [6, 6.07) is 8.23. The van der Waals surface area contributed by atoms with Crippen LogP contribution < -0.4 is 4.74 Å². The standard InChI is InChI=1S/C19H23ClN4OS/c1-14-12-15(20)8-9-17(14)25-13-18-22-23-19(26-11-5-10-21)24(18)16-6-3-2-4-7-16/h8-9,12,16H,2-7,11,13H2,1H3. The molecule has 0 saturated heterocycles. The van der Waals surface area contributed by atoms with E-state index in [4.69, 9.17) is 21.6 Å². The molecule has 0 spiro atoms. The second kappa shape index (κ2) is 9.29. The van der Waals surface area contributed by atoms with E-state index in [2.05, 4.69) is 20.8 Å². The van der Waals surface area contributed by atoms with Crippen molar-refractivity contribution in [2.24, 2.45) is 0 Å². The molecule has 0 amide bonds. The minimum Gasteiger partial charge on any atom is -0.485 e. The van der Waals surface area contributed by atoms with Gasteiger partial charge in [-0.05, 0) is 43.5 Å². The van der Waals surface area contributed by atoms with Gasteiger partial charge in [-0.25, -0.2) is 0 Å². The highest BCUT2D eigenvalue weighted by Gasteiger charge is 2.23. The largest absolute Gasteiger partial charge is 0.485 e. The van der Waals surface area contributed by atoms with Crippen LogP contribution >= 0.6 is 23.4 Å². The molecule has 3 rings (SSSR count). The normalized spacial score (nSPS) is 15.0. The van der Waals surface area contributed by atoms with Gasteiger partial charge in [0.1, 0.15) is 12.4 Å². The zero-order valence-corrected chi connectivity index (χ0v) is 16.5. The summed E-state index contributed by atoms with van der Waals surface area (Å²) in [6.45, 7) is 2.36. The van der Waals surface area contributed by atoms with Crippen molar-refractivity contribution < 1.29 is 4.74 Å². The average Bonchev–Trinajstić information content (AvgIpc) is 3.05. The number of benzene rings is 1. The number of nitrogens with zero attached hydrogens (tertiary/aromatic N) is 4. The molecule has 1 aliphatic carbocycles. The number of aryl methyl sites for hydroxylation is 1. The van der Waals surface area contributed by atoms with Crippen LogP contribution in [-0.2, 0) is 6.61 Å². The van der Waals surface area contributed by atoms with E-state index in [9.17, 15) is 0 Å². The topological polar surface area (TPSA) is 63.7 Å². The number of rotatable bonds is 7. The molecular formula is C19H23ClN4OS. The molecule has 5 nitrogen and oxygen atoms in total. The monoisotopic (exact) mass is 390 g/mol. The van der Waals surface area contributed by atoms with Crippen molar-refractivity contribution in [3.63, 3.8) is 0 Å². The first-order valence-electron chi connectivity index (χ1n) is 9.01. The second-order valence-electron chi connectivity index (χ2n) is 6.52. The lowest BCUT2D eigenvalue weighted by Crippen LogP contribution is -2.18. The minimum atomic E-state index is 0.380. The van der Waals surface area contributed by atoms with Crippen LogP contribution in [0, 0.1) is 18.3 Å². The fraction of sp³-hybridized carbons (Fsp3) is 0.526. The van der Waals surface area contributed by atoms with Gasteiger partial charge in [0.15, 0.2) is 11.0 Å². The number of ether oxygens (including phenoxy) is 1.